The molecule has 0 aliphatic rings. The van der Waals surface area contributed by atoms with Gasteiger partial charge in [0, 0.05) is 0 Å². The summed E-state index contributed by atoms with van der Waals surface area (Å²) < 4.78 is 9.63. The maximum atomic E-state index is 11.3. The summed E-state index contributed by atoms with van der Waals surface area (Å²) in [6, 6.07) is 5.05. The van der Waals surface area contributed by atoms with Gasteiger partial charge in [0.1, 0.15) is 11.8 Å². The van der Waals surface area contributed by atoms with Crippen LogP contribution in [0.2, 0.25) is 0 Å². The van der Waals surface area contributed by atoms with Crippen molar-refractivity contribution < 1.29 is 14.3 Å². The monoisotopic (exact) mass is 205 g/mol. The molecule has 0 amide bonds. The van der Waals surface area contributed by atoms with Crippen molar-refractivity contribution in [2.75, 3.05) is 14.2 Å². The molecule has 0 bridgehead atoms. The largest absolute Gasteiger partial charge is 0.496 e. The summed E-state index contributed by atoms with van der Waals surface area (Å²) >= 11 is 0. The van der Waals surface area contributed by atoms with Crippen LogP contribution < -0.4 is 4.74 Å². The Morgan fingerprint density at radius 2 is 2.07 bits per heavy atom. The quantitative estimate of drug-likeness (QED) is 0.689. The molecule has 4 heteroatoms. The van der Waals surface area contributed by atoms with E-state index in [1.54, 1.807) is 13.0 Å². The number of carbonyl (C=O) groups excluding carboxylic acids is 1. The first-order chi connectivity index (χ1) is 7.13. The summed E-state index contributed by atoms with van der Waals surface area (Å²) in [4.78, 5) is 11.3. The van der Waals surface area contributed by atoms with Gasteiger partial charge in [0.2, 0.25) is 0 Å². The fourth-order valence-electron chi connectivity index (χ4n) is 1.28. The van der Waals surface area contributed by atoms with Crippen molar-refractivity contribution in [1.82, 2.24) is 0 Å². The smallest absolute Gasteiger partial charge is 0.339 e. The third-order valence-electron chi connectivity index (χ3n) is 2.06. The van der Waals surface area contributed by atoms with Crippen LogP contribution in [-0.2, 0) is 4.74 Å². The summed E-state index contributed by atoms with van der Waals surface area (Å²) in [7, 11) is 2.80. The van der Waals surface area contributed by atoms with Crippen LogP contribution in [-0.4, -0.2) is 20.2 Å². The molecule has 0 spiro atoms. The summed E-state index contributed by atoms with van der Waals surface area (Å²) in [6.07, 6.45) is 0. The second-order valence-corrected chi connectivity index (χ2v) is 2.97. The Kier molecular flexibility index (Phi) is 3.29. The van der Waals surface area contributed by atoms with E-state index in [4.69, 9.17) is 10.00 Å². The van der Waals surface area contributed by atoms with Crippen LogP contribution in [0.5, 0.6) is 5.75 Å². The lowest BCUT2D eigenvalue weighted by atomic mass is 10.0. The number of esters is 1. The highest BCUT2D eigenvalue weighted by Gasteiger charge is 2.14. The van der Waals surface area contributed by atoms with E-state index in [9.17, 15) is 4.79 Å². The number of nitriles is 1. The number of ether oxygens (including phenoxy) is 2. The number of aryl methyl sites for hydroxylation is 1. The van der Waals surface area contributed by atoms with Crippen LogP contribution in [0.15, 0.2) is 12.1 Å². The van der Waals surface area contributed by atoms with Gasteiger partial charge < -0.3 is 9.47 Å². The second-order valence-electron chi connectivity index (χ2n) is 2.97. The van der Waals surface area contributed by atoms with Gasteiger partial charge in [0.25, 0.3) is 0 Å². The molecule has 0 N–H and O–H groups in total. The zero-order valence-corrected chi connectivity index (χ0v) is 8.83. The second kappa shape index (κ2) is 4.47. The minimum absolute atomic E-state index is 0.254. The molecule has 0 radical (unpaired) electrons. The molecule has 1 aromatic carbocycles. The lowest BCUT2D eigenvalue weighted by Crippen LogP contribution is -2.05. The molecular weight excluding hydrogens is 194 g/mol. The molecule has 0 saturated carbocycles. The van der Waals surface area contributed by atoms with Crippen LogP contribution in [0.1, 0.15) is 21.5 Å². The van der Waals surface area contributed by atoms with Crippen molar-refractivity contribution in [1.29, 1.82) is 5.26 Å². The van der Waals surface area contributed by atoms with E-state index in [1.807, 2.05) is 6.07 Å². The first-order valence-corrected chi connectivity index (χ1v) is 4.31. The zero-order chi connectivity index (χ0) is 11.4. The SMILES string of the molecule is COC(=O)c1cc(C)c(OC)cc1C#N. The maximum Gasteiger partial charge on any atom is 0.339 e. The van der Waals surface area contributed by atoms with Crippen LogP contribution in [0, 0.1) is 18.3 Å². The molecule has 0 unspecified atom stereocenters. The van der Waals surface area contributed by atoms with Gasteiger partial charge in [-0.2, -0.15) is 5.26 Å². The summed E-state index contributed by atoms with van der Waals surface area (Å²) in [6.45, 7) is 1.80. The topological polar surface area (TPSA) is 59.3 Å². The first-order valence-electron chi connectivity index (χ1n) is 4.31. The summed E-state index contributed by atoms with van der Waals surface area (Å²) in [5.74, 6) is 0.0662. The molecule has 0 fully saturated rings. The number of methoxy groups -OCH3 is 2. The number of carbonyl (C=O) groups is 1. The van der Waals surface area contributed by atoms with Crippen molar-refractivity contribution in [2.45, 2.75) is 6.92 Å². The molecule has 0 aromatic heterocycles. The predicted octanol–water partition coefficient (Wildman–Crippen LogP) is 1.66. The molecule has 78 valence electrons. The van der Waals surface area contributed by atoms with Crippen molar-refractivity contribution >= 4 is 5.97 Å². The maximum absolute atomic E-state index is 11.3. The third-order valence-corrected chi connectivity index (χ3v) is 2.06. The van der Waals surface area contributed by atoms with E-state index >= 15 is 0 Å². The Hall–Kier alpha value is -2.02. The minimum atomic E-state index is -0.516. The fraction of sp³-hybridized carbons (Fsp3) is 0.273. The number of hydrogen-bond donors (Lipinski definition) is 0. The Morgan fingerprint density at radius 1 is 1.40 bits per heavy atom. The van der Waals surface area contributed by atoms with Gasteiger partial charge in [0.05, 0.1) is 25.3 Å². The Bertz CT molecular complexity index is 432. The van der Waals surface area contributed by atoms with Crippen molar-refractivity contribution in [3.05, 3.63) is 28.8 Å². The van der Waals surface area contributed by atoms with Gasteiger partial charge in [-0.05, 0) is 24.6 Å². The van der Waals surface area contributed by atoms with Crippen molar-refractivity contribution in [3.8, 4) is 11.8 Å². The highest BCUT2D eigenvalue weighted by molar-refractivity contribution is 5.92. The van der Waals surface area contributed by atoms with E-state index < -0.39 is 5.97 Å². The Balaban J connectivity index is 3.35. The van der Waals surface area contributed by atoms with Gasteiger partial charge in [-0.25, -0.2) is 4.79 Å². The van der Waals surface area contributed by atoms with Crippen molar-refractivity contribution in [2.24, 2.45) is 0 Å². The van der Waals surface area contributed by atoms with Gasteiger partial charge in [-0.15, -0.1) is 0 Å². The summed E-state index contributed by atoms with van der Waals surface area (Å²) in [5.41, 5.74) is 1.31. The molecule has 15 heavy (non-hydrogen) atoms. The zero-order valence-electron chi connectivity index (χ0n) is 8.83. The van der Waals surface area contributed by atoms with E-state index in [1.165, 1.54) is 20.3 Å². The van der Waals surface area contributed by atoms with Crippen LogP contribution in [0.3, 0.4) is 0 Å². The van der Waals surface area contributed by atoms with Gasteiger partial charge in [-0.3, -0.25) is 0 Å². The molecule has 0 atom stereocenters. The minimum Gasteiger partial charge on any atom is -0.496 e. The first kappa shape index (κ1) is 11.1. The molecular formula is C11H11NO3. The number of benzene rings is 1. The average Bonchev–Trinajstić information content (AvgIpc) is 2.27. The lowest BCUT2D eigenvalue weighted by molar-refractivity contribution is 0.0600. The van der Waals surface area contributed by atoms with E-state index in [2.05, 4.69) is 4.74 Å². The normalized spacial score (nSPS) is 9.20. The fourth-order valence-corrected chi connectivity index (χ4v) is 1.28. The third kappa shape index (κ3) is 2.08. The Labute approximate surface area is 88.0 Å². The highest BCUT2D eigenvalue weighted by Crippen LogP contribution is 2.22. The molecule has 1 rings (SSSR count). The number of nitrogens with zero attached hydrogens (tertiary/aromatic N) is 1. The van der Waals surface area contributed by atoms with Crippen LogP contribution in [0.4, 0.5) is 0 Å². The molecule has 0 aliphatic heterocycles. The molecule has 1 aromatic rings. The standard InChI is InChI=1S/C11H11NO3/c1-7-4-9(11(13)15-3)8(6-12)5-10(7)14-2/h4-5H,1-3H3. The molecule has 0 saturated heterocycles. The summed E-state index contributed by atoms with van der Waals surface area (Å²) in [5, 5.41) is 8.86. The van der Waals surface area contributed by atoms with E-state index in [0.29, 0.717) is 5.75 Å². The van der Waals surface area contributed by atoms with Gasteiger partial charge >= 0.3 is 5.97 Å². The Morgan fingerprint density at radius 3 is 2.53 bits per heavy atom. The molecule has 0 heterocycles. The lowest BCUT2D eigenvalue weighted by Gasteiger charge is -2.08. The molecule has 4 nitrogen and oxygen atoms in total. The van der Waals surface area contributed by atoms with Crippen LogP contribution in [0.25, 0.3) is 0 Å². The van der Waals surface area contributed by atoms with Gasteiger partial charge in [0.15, 0.2) is 0 Å². The predicted molar refractivity (Wildman–Crippen MR) is 53.8 cm³/mol. The number of hydrogen-bond acceptors (Lipinski definition) is 4. The van der Waals surface area contributed by atoms with E-state index in [0.717, 1.165) is 5.56 Å². The number of rotatable bonds is 2. The van der Waals surface area contributed by atoms with Crippen LogP contribution >= 0.6 is 0 Å². The van der Waals surface area contributed by atoms with Gasteiger partial charge in [-0.1, -0.05) is 0 Å². The van der Waals surface area contributed by atoms with E-state index in [-0.39, 0.29) is 11.1 Å². The highest BCUT2D eigenvalue weighted by atomic mass is 16.5. The molecule has 0 aliphatic carbocycles. The van der Waals surface area contributed by atoms with Crippen molar-refractivity contribution in [3.63, 3.8) is 0 Å². The average molecular weight is 205 g/mol.